The van der Waals surface area contributed by atoms with Gasteiger partial charge >= 0.3 is 6.18 Å². The second kappa shape index (κ2) is 3.87. The van der Waals surface area contributed by atoms with Crippen LogP contribution in [0, 0.1) is 0 Å². The van der Waals surface area contributed by atoms with E-state index in [2.05, 4.69) is 0 Å². The molecule has 0 spiro atoms. The number of nitrogen functional groups attached to an aromatic ring is 1. The molecule has 1 aromatic carbocycles. The summed E-state index contributed by atoms with van der Waals surface area (Å²) in [5, 5.41) is -0.423. The highest BCUT2D eigenvalue weighted by Crippen LogP contribution is 2.39. The lowest BCUT2D eigenvalue weighted by Gasteiger charge is -2.12. The van der Waals surface area contributed by atoms with Gasteiger partial charge in [0.15, 0.2) is 0 Å². The zero-order valence-corrected chi connectivity index (χ0v) is 8.34. The van der Waals surface area contributed by atoms with Crippen molar-refractivity contribution in [3.8, 4) is 0 Å². The number of hydrogen-bond acceptors (Lipinski definition) is 1. The van der Waals surface area contributed by atoms with Crippen molar-refractivity contribution < 1.29 is 13.2 Å². The third-order valence-corrected chi connectivity index (χ3v) is 2.22. The Morgan fingerprint density at radius 2 is 1.86 bits per heavy atom. The molecule has 0 atom stereocenters. The van der Waals surface area contributed by atoms with E-state index in [0.717, 1.165) is 6.07 Å². The molecule has 1 aromatic rings. The van der Waals surface area contributed by atoms with E-state index in [4.69, 9.17) is 28.9 Å². The van der Waals surface area contributed by atoms with Crippen molar-refractivity contribution in [2.24, 2.45) is 0 Å². The van der Waals surface area contributed by atoms with Crippen LogP contribution in [-0.2, 0) is 12.1 Å². The molecule has 0 aliphatic carbocycles. The highest BCUT2D eigenvalue weighted by Gasteiger charge is 2.35. The Bertz CT molecular complexity index is 326. The predicted octanol–water partition coefficient (Wildman–Crippen LogP) is 3.68. The summed E-state index contributed by atoms with van der Waals surface area (Å²) in [5.74, 6) is 0.0715. The molecule has 0 aliphatic heterocycles. The van der Waals surface area contributed by atoms with Crippen molar-refractivity contribution in [2.45, 2.75) is 12.1 Å². The molecule has 0 fully saturated rings. The lowest BCUT2D eigenvalue weighted by atomic mass is 10.1. The Labute approximate surface area is 88.6 Å². The van der Waals surface area contributed by atoms with Gasteiger partial charge in [-0.25, -0.2) is 0 Å². The third-order valence-electron chi connectivity index (χ3n) is 1.62. The molecule has 0 radical (unpaired) electrons. The van der Waals surface area contributed by atoms with E-state index in [-0.39, 0.29) is 5.88 Å². The van der Waals surface area contributed by atoms with Crippen LogP contribution in [0.3, 0.4) is 0 Å². The molecular formula is C8H6Cl2F3N. The first-order valence-electron chi connectivity index (χ1n) is 3.57. The second-order valence-corrected chi connectivity index (χ2v) is 3.35. The van der Waals surface area contributed by atoms with Gasteiger partial charge in [0.05, 0.1) is 10.6 Å². The van der Waals surface area contributed by atoms with Crippen LogP contribution >= 0.6 is 23.2 Å². The van der Waals surface area contributed by atoms with E-state index in [1.807, 2.05) is 0 Å². The highest BCUT2D eigenvalue weighted by atomic mass is 35.5. The lowest BCUT2D eigenvalue weighted by molar-refractivity contribution is -0.136. The molecule has 0 saturated carbocycles. The Hall–Kier alpha value is -0.610. The summed E-state index contributed by atoms with van der Waals surface area (Å²) in [5.41, 5.74) is 4.27. The summed E-state index contributed by atoms with van der Waals surface area (Å²) >= 11 is 10.9. The van der Waals surface area contributed by atoms with Gasteiger partial charge in [0, 0.05) is 11.6 Å². The topological polar surface area (TPSA) is 26.0 Å². The first-order valence-corrected chi connectivity index (χ1v) is 4.48. The Morgan fingerprint density at radius 1 is 1.29 bits per heavy atom. The van der Waals surface area contributed by atoms with Crippen LogP contribution in [-0.4, -0.2) is 0 Å². The minimum absolute atomic E-state index is 0.0715. The maximum Gasteiger partial charge on any atom is 0.419 e. The van der Waals surface area contributed by atoms with Gasteiger partial charge < -0.3 is 5.73 Å². The van der Waals surface area contributed by atoms with E-state index < -0.39 is 22.4 Å². The summed E-state index contributed by atoms with van der Waals surface area (Å²) < 4.78 is 37.0. The normalized spacial score (nSPS) is 11.8. The van der Waals surface area contributed by atoms with Crippen LogP contribution < -0.4 is 5.73 Å². The number of benzene rings is 1. The molecule has 1 nitrogen and oxygen atoms in total. The average Bonchev–Trinajstić information content (AvgIpc) is 1.99. The quantitative estimate of drug-likeness (QED) is 0.591. The van der Waals surface area contributed by atoms with Gasteiger partial charge in [-0.3, -0.25) is 0 Å². The molecule has 2 N–H and O–H groups in total. The Morgan fingerprint density at radius 3 is 2.21 bits per heavy atom. The van der Waals surface area contributed by atoms with Crippen LogP contribution in [0.4, 0.5) is 18.9 Å². The molecule has 0 unspecified atom stereocenters. The van der Waals surface area contributed by atoms with Crippen molar-refractivity contribution in [1.82, 2.24) is 0 Å². The fourth-order valence-corrected chi connectivity index (χ4v) is 1.57. The number of rotatable bonds is 1. The van der Waals surface area contributed by atoms with Crippen LogP contribution in [0.1, 0.15) is 11.1 Å². The molecular weight excluding hydrogens is 238 g/mol. The van der Waals surface area contributed by atoms with Gasteiger partial charge in [0.2, 0.25) is 0 Å². The first kappa shape index (κ1) is 11.5. The largest absolute Gasteiger partial charge is 0.419 e. The molecule has 0 amide bonds. The van der Waals surface area contributed by atoms with E-state index in [1.54, 1.807) is 0 Å². The lowest BCUT2D eigenvalue weighted by Crippen LogP contribution is -2.10. The molecule has 0 heterocycles. The zero-order valence-electron chi connectivity index (χ0n) is 6.83. The average molecular weight is 244 g/mol. The smallest absolute Gasteiger partial charge is 0.398 e. The Balaban J connectivity index is 3.33. The summed E-state index contributed by atoms with van der Waals surface area (Å²) in [6, 6.07) is 2.33. The van der Waals surface area contributed by atoms with Gasteiger partial charge in [-0.1, -0.05) is 11.6 Å². The fraction of sp³-hybridized carbons (Fsp3) is 0.250. The van der Waals surface area contributed by atoms with Gasteiger partial charge in [0.25, 0.3) is 0 Å². The predicted molar refractivity (Wildman–Crippen MR) is 50.4 cm³/mol. The Kier molecular flexibility index (Phi) is 3.17. The van der Waals surface area contributed by atoms with Crippen LogP contribution in [0.25, 0.3) is 0 Å². The standard InChI is InChI=1S/C8H6Cl2F3N/c9-3-4-1-5(10)7(6(14)2-4)8(11,12)13/h1-2H,3,14H2. The number of anilines is 1. The van der Waals surface area contributed by atoms with Crippen molar-refractivity contribution in [1.29, 1.82) is 0 Å². The maximum atomic E-state index is 12.3. The van der Waals surface area contributed by atoms with Crippen molar-refractivity contribution in [3.05, 3.63) is 28.3 Å². The molecule has 0 bridgehead atoms. The van der Waals surface area contributed by atoms with E-state index in [1.165, 1.54) is 6.07 Å². The van der Waals surface area contributed by atoms with E-state index in [9.17, 15) is 13.2 Å². The summed E-state index contributed by atoms with van der Waals surface area (Å²) in [7, 11) is 0. The first-order chi connectivity index (χ1) is 6.36. The fourth-order valence-electron chi connectivity index (χ4n) is 1.06. The number of nitrogens with two attached hydrogens (primary N) is 1. The van der Waals surface area contributed by atoms with E-state index >= 15 is 0 Å². The summed E-state index contributed by atoms with van der Waals surface area (Å²) in [6.45, 7) is 0. The minimum atomic E-state index is -4.54. The molecule has 1 rings (SSSR count). The molecule has 0 saturated heterocycles. The summed E-state index contributed by atoms with van der Waals surface area (Å²) in [6.07, 6.45) is -4.54. The van der Waals surface area contributed by atoms with Gasteiger partial charge in [-0.05, 0) is 17.7 Å². The van der Waals surface area contributed by atoms with Gasteiger partial charge in [-0.15, -0.1) is 11.6 Å². The highest BCUT2D eigenvalue weighted by molar-refractivity contribution is 6.32. The monoisotopic (exact) mass is 243 g/mol. The van der Waals surface area contributed by atoms with Crippen molar-refractivity contribution >= 4 is 28.9 Å². The summed E-state index contributed by atoms with van der Waals surface area (Å²) in [4.78, 5) is 0. The second-order valence-electron chi connectivity index (χ2n) is 2.67. The maximum absolute atomic E-state index is 12.3. The van der Waals surface area contributed by atoms with Crippen LogP contribution in [0.5, 0.6) is 0 Å². The van der Waals surface area contributed by atoms with Crippen molar-refractivity contribution in [2.75, 3.05) is 5.73 Å². The molecule has 14 heavy (non-hydrogen) atoms. The van der Waals surface area contributed by atoms with Crippen LogP contribution in [0.15, 0.2) is 12.1 Å². The van der Waals surface area contributed by atoms with Crippen molar-refractivity contribution in [3.63, 3.8) is 0 Å². The SMILES string of the molecule is Nc1cc(CCl)cc(Cl)c1C(F)(F)F. The number of hydrogen-bond donors (Lipinski definition) is 1. The van der Waals surface area contributed by atoms with Crippen LogP contribution in [0.2, 0.25) is 5.02 Å². The van der Waals surface area contributed by atoms with Gasteiger partial charge in [0.1, 0.15) is 0 Å². The third kappa shape index (κ3) is 2.25. The number of halogens is 5. The number of alkyl halides is 4. The van der Waals surface area contributed by atoms with E-state index in [0.29, 0.717) is 5.56 Å². The molecule has 0 aliphatic rings. The molecule has 0 aromatic heterocycles. The molecule has 78 valence electrons. The zero-order chi connectivity index (χ0) is 10.9. The van der Waals surface area contributed by atoms with Gasteiger partial charge in [-0.2, -0.15) is 13.2 Å². The minimum Gasteiger partial charge on any atom is -0.398 e. The molecule has 6 heteroatoms.